The zero-order chi connectivity index (χ0) is 23.8. The molecular weight excluding hydrogens is 439 g/mol. The maximum absolute atomic E-state index is 13.7. The summed E-state index contributed by atoms with van der Waals surface area (Å²) in [6, 6.07) is 6.52. The molecule has 174 valence electrons. The molecule has 1 aromatic carbocycles. The van der Waals surface area contributed by atoms with Gasteiger partial charge in [-0.3, -0.25) is 9.69 Å². The van der Waals surface area contributed by atoms with E-state index in [1.54, 1.807) is 19.1 Å². The molecular formula is C22H22F3N5O3. The van der Waals surface area contributed by atoms with Crippen molar-refractivity contribution in [1.29, 1.82) is 0 Å². The van der Waals surface area contributed by atoms with E-state index in [1.165, 1.54) is 33.7 Å². The quantitative estimate of drug-likeness (QED) is 0.595. The van der Waals surface area contributed by atoms with Crippen LogP contribution in [0.4, 0.5) is 23.8 Å². The van der Waals surface area contributed by atoms with Crippen LogP contribution in [-0.2, 0) is 4.74 Å². The minimum absolute atomic E-state index is 0.0447. The molecule has 2 aromatic heterocycles. The first kappa shape index (κ1) is 22.6. The van der Waals surface area contributed by atoms with E-state index in [2.05, 4.69) is 10.1 Å². The molecule has 1 aliphatic heterocycles. The predicted octanol–water partition coefficient (Wildman–Crippen LogP) is 4.20. The van der Waals surface area contributed by atoms with E-state index in [0.29, 0.717) is 18.7 Å². The third kappa shape index (κ3) is 4.48. The number of anilines is 1. The van der Waals surface area contributed by atoms with Crippen LogP contribution in [0.3, 0.4) is 0 Å². The number of alkyl halides is 3. The van der Waals surface area contributed by atoms with Crippen molar-refractivity contribution in [3.8, 4) is 0 Å². The van der Waals surface area contributed by atoms with E-state index in [0.717, 1.165) is 12.6 Å². The van der Waals surface area contributed by atoms with Crippen LogP contribution in [0.1, 0.15) is 47.4 Å². The lowest BCUT2D eigenvalue weighted by Crippen LogP contribution is -2.38. The molecule has 0 bridgehead atoms. The van der Waals surface area contributed by atoms with E-state index < -0.39 is 24.2 Å². The molecule has 3 aromatic rings. The van der Waals surface area contributed by atoms with Crippen LogP contribution < -0.4 is 10.2 Å². The standard InChI is InChI=1S/C22H22F3N5O3/c1-3-7-15-12-29(21(32)33-15)17-10-13(2)30-19(27-17)16(11-26-30)20(31)28-18(22(23,24)25)14-8-5-4-6-9-14/h4-6,8-11,15,18H,3,7,12H2,1-2H3,(H,28,31). The van der Waals surface area contributed by atoms with E-state index in [-0.39, 0.29) is 28.7 Å². The molecule has 4 rings (SSSR count). The SMILES string of the molecule is CCCC1CN(c2cc(C)n3ncc(C(=O)NC(c4ccccc4)C(F)(F)F)c3n2)C(=O)O1. The van der Waals surface area contributed by atoms with Gasteiger partial charge in [-0.25, -0.2) is 14.3 Å². The van der Waals surface area contributed by atoms with Crippen molar-refractivity contribution in [3.05, 3.63) is 59.4 Å². The number of amides is 2. The van der Waals surface area contributed by atoms with Crippen molar-refractivity contribution >= 4 is 23.5 Å². The monoisotopic (exact) mass is 461 g/mol. The Kier molecular flexibility index (Phi) is 5.96. The second-order valence-electron chi connectivity index (χ2n) is 7.81. The normalized spacial score (nSPS) is 17.3. The Hall–Kier alpha value is -3.63. The molecule has 1 aliphatic rings. The van der Waals surface area contributed by atoms with Crippen LogP contribution in [0, 0.1) is 6.92 Å². The van der Waals surface area contributed by atoms with Crippen molar-refractivity contribution in [2.45, 2.75) is 45.0 Å². The Morgan fingerprint density at radius 3 is 2.70 bits per heavy atom. The lowest BCUT2D eigenvalue weighted by Gasteiger charge is -2.21. The lowest BCUT2D eigenvalue weighted by molar-refractivity contribution is -0.155. The van der Waals surface area contributed by atoms with Crippen LogP contribution in [0.2, 0.25) is 0 Å². The number of fused-ring (bicyclic) bond motifs is 1. The number of hydrogen-bond donors (Lipinski definition) is 1. The topological polar surface area (TPSA) is 88.8 Å². The average molecular weight is 461 g/mol. The van der Waals surface area contributed by atoms with Crippen molar-refractivity contribution < 1.29 is 27.5 Å². The maximum Gasteiger partial charge on any atom is 0.415 e. The Bertz CT molecular complexity index is 1180. The molecule has 33 heavy (non-hydrogen) atoms. The predicted molar refractivity (Wildman–Crippen MR) is 113 cm³/mol. The summed E-state index contributed by atoms with van der Waals surface area (Å²) in [5, 5.41) is 6.14. The highest BCUT2D eigenvalue weighted by atomic mass is 19.4. The lowest BCUT2D eigenvalue weighted by atomic mass is 10.1. The van der Waals surface area contributed by atoms with Gasteiger partial charge in [-0.2, -0.15) is 18.3 Å². The van der Waals surface area contributed by atoms with Crippen LogP contribution in [0.25, 0.3) is 5.65 Å². The fourth-order valence-electron chi connectivity index (χ4n) is 3.78. The van der Waals surface area contributed by atoms with Gasteiger partial charge in [0.05, 0.1) is 12.7 Å². The number of carbonyl (C=O) groups is 2. The van der Waals surface area contributed by atoms with Gasteiger partial charge in [0, 0.05) is 11.8 Å². The molecule has 1 saturated heterocycles. The fraction of sp³-hybridized carbons (Fsp3) is 0.364. The summed E-state index contributed by atoms with van der Waals surface area (Å²) in [4.78, 5) is 30.9. The number of halogens is 3. The van der Waals surface area contributed by atoms with E-state index in [9.17, 15) is 22.8 Å². The van der Waals surface area contributed by atoms with Crippen LogP contribution in [0.5, 0.6) is 0 Å². The summed E-state index contributed by atoms with van der Waals surface area (Å²) in [6.45, 7) is 3.97. The molecule has 0 spiro atoms. The third-order valence-electron chi connectivity index (χ3n) is 5.38. The number of nitrogens with one attached hydrogen (secondary N) is 1. The van der Waals surface area contributed by atoms with Gasteiger partial charge in [0.15, 0.2) is 11.7 Å². The van der Waals surface area contributed by atoms with Crippen molar-refractivity contribution in [2.24, 2.45) is 0 Å². The molecule has 2 amide bonds. The molecule has 2 unspecified atom stereocenters. The summed E-state index contributed by atoms with van der Waals surface area (Å²) in [7, 11) is 0. The smallest absolute Gasteiger partial charge is 0.415 e. The van der Waals surface area contributed by atoms with Crippen LogP contribution in [-0.4, -0.2) is 45.4 Å². The third-order valence-corrected chi connectivity index (χ3v) is 5.38. The average Bonchev–Trinajstić information content (AvgIpc) is 3.35. The number of cyclic esters (lactones) is 1. The highest BCUT2D eigenvalue weighted by Gasteiger charge is 2.42. The molecule has 1 N–H and O–H groups in total. The second kappa shape index (κ2) is 8.72. The van der Waals surface area contributed by atoms with Gasteiger partial charge < -0.3 is 10.1 Å². The molecule has 11 heteroatoms. The number of nitrogens with zero attached hydrogens (tertiary/aromatic N) is 4. The highest BCUT2D eigenvalue weighted by molar-refractivity contribution is 6.00. The summed E-state index contributed by atoms with van der Waals surface area (Å²) in [5.41, 5.74) is 0.365. The fourth-order valence-corrected chi connectivity index (χ4v) is 3.78. The van der Waals surface area contributed by atoms with Gasteiger partial charge in [-0.05, 0) is 18.9 Å². The van der Waals surface area contributed by atoms with E-state index in [4.69, 9.17) is 4.74 Å². The Labute approximate surface area is 187 Å². The number of benzene rings is 1. The maximum atomic E-state index is 13.7. The Morgan fingerprint density at radius 2 is 2.03 bits per heavy atom. The minimum atomic E-state index is -4.71. The van der Waals surface area contributed by atoms with Gasteiger partial charge in [0.1, 0.15) is 17.5 Å². The molecule has 2 atom stereocenters. The first-order valence-corrected chi connectivity index (χ1v) is 10.4. The van der Waals surface area contributed by atoms with E-state index in [1.807, 2.05) is 12.2 Å². The zero-order valence-electron chi connectivity index (χ0n) is 18.0. The highest BCUT2D eigenvalue weighted by Crippen LogP contribution is 2.33. The molecule has 0 radical (unpaired) electrons. The Morgan fingerprint density at radius 1 is 1.30 bits per heavy atom. The number of aryl methyl sites for hydroxylation is 1. The van der Waals surface area contributed by atoms with Gasteiger partial charge in [-0.15, -0.1) is 0 Å². The van der Waals surface area contributed by atoms with Gasteiger partial charge >= 0.3 is 12.3 Å². The Balaban J connectivity index is 1.67. The van der Waals surface area contributed by atoms with E-state index >= 15 is 0 Å². The van der Waals surface area contributed by atoms with Gasteiger partial charge in [0.2, 0.25) is 0 Å². The number of ether oxygens (including phenoxy) is 1. The molecule has 0 saturated carbocycles. The number of hydrogen-bond acceptors (Lipinski definition) is 5. The summed E-state index contributed by atoms with van der Waals surface area (Å²) in [5.74, 6) is -0.735. The summed E-state index contributed by atoms with van der Waals surface area (Å²) in [6.07, 6.45) is -2.84. The number of aromatic nitrogens is 3. The largest absolute Gasteiger partial charge is 0.444 e. The molecule has 1 fully saturated rings. The van der Waals surface area contributed by atoms with Gasteiger partial charge in [0.25, 0.3) is 5.91 Å². The first-order valence-electron chi connectivity index (χ1n) is 10.4. The molecule has 3 heterocycles. The van der Waals surface area contributed by atoms with Crippen LogP contribution >= 0.6 is 0 Å². The molecule has 8 nitrogen and oxygen atoms in total. The summed E-state index contributed by atoms with van der Waals surface area (Å²) < 4.78 is 47.7. The van der Waals surface area contributed by atoms with Crippen LogP contribution in [0.15, 0.2) is 42.6 Å². The number of carbonyl (C=O) groups excluding carboxylic acids is 2. The van der Waals surface area contributed by atoms with Crippen molar-refractivity contribution in [1.82, 2.24) is 19.9 Å². The second-order valence-corrected chi connectivity index (χ2v) is 7.81. The van der Waals surface area contributed by atoms with Crippen molar-refractivity contribution in [3.63, 3.8) is 0 Å². The van der Waals surface area contributed by atoms with Crippen molar-refractivity contribution in [2.75, 3.05) is 11.4 Å². The van der Waals surface area contributed by atoms with Gasteiger partial charge in [-0.1, -0.05) is 43.7 Å². The number of rotatable bonds is 6. The minimum Gasteiger partial charge on any atom is -0.444 e. The zero-order valence-corrected chi connectivity index (χ0v) is 18.0. The first-order chi connectivity index (χ1) is 15.7. The summed E-state index contributed by atoms with van der Waals surface area (Å²) >= 11 is 0. The molecule has 0 aliphatic carbocycles.